The zero-order valence-electron chi connectivity index (χ0n) is 25.7. The summed E-state index contributed by atoms with van der Waals surface area (Å²) in [6, 6.07) is 5.33. The summed E-state index contributed by atoms with van der Waals surface area (Å²) in [4.78, 5) is 31.0. The van der Waals surface area contributed by atoms with Gasteiger partial charge >= 0.3 is 0 Å². The van der Waals surface area contributed by atoms with Gasteiger partial charge in [-0.25, -0.2) is 4.39 Å². The SMILES string of the molecule is Br.CCOc1cc2c(c(F)c1OCC)C(=N)N(CC(=O)c1cc(N3CCN(C(=O)CO)CC3)c(OC)c(C(C)(C)C)c1)C2. The van der Waals surface area contributed by atoms with Crippen LogP contribution in [0.1, 0.15) is 61.7 Å². The van der Waals surface area contributed by atoms with Crippen LogP contribution in [0.4, 0.5) is 10.1 Å². The van der Waals surface area contributed by atoms with Crippen LogP contribution in [0.3, 0.4) is 0 Å². The molecule has 10 nitrogen and oxygen atoms in total. The van der Waals surface area contributed by atoms with E-state index >= 15 is 4.39 Å². The molecule has 1 saturated heterocycles. The van der Waals surface area contributed by atoms with Crippen LogP contribution in [0.2, 0.25) is 0 Å². The number of benzene rings is 2. The van der Waals surface area contributed by atoms with Crippen molar-refractivity contribution < 1.29 is 33.3 Å². The van der Waals surface area contributed by atoms with Gasteiger partial charge in [-0.05, 0) is 43.0 Å². The third-order valence-electron chi connectivity index (χ3n) is 7.62. The number of fused-ring (bicyclic) bond motifs is 1. The molecule has 2 aliphatic heterocycles. The molecule has 1 fully saturated rings. The molecule has 0 aliphatic carbocycles. The van der Waals surface area contributed by atoms with Crippen LogP contribution in [-0.2, 0) is 16.8 Å². The minimum absolute atomic E-state index is 0. The lowest BCUT2D eigenvalue weighted by Crippen LogP contribution is -2.49. The number of halogens is 2. The van der Waals surface area contributed by atoms with Gasteiger partial charge in [-0.15, -0.1) is 17.0 Å². The molecule has 2 heterocycles. The summed E-state index contributed by atoms with van der Waals surface area (Å²) >= 11 is 0. The molecule has 0 saturated carbocycles. The number of rotatable bonds is 10. The number of methoxy groups -OCH3 is 1. The second-order valence-corrected chi connectivity index (χ2v) is 11.4. The standard InChI is InChI=1S/C31H41FN4O6.BrH/c1-7-41-24-15-20-16-36(30(33)26(20)27(32)29(24)42-8-2)17-23(38)19-13-21(31(3,4)5)28(40-6)22(14-19)34-9-11-35(12-10-34)25(39)18-37;/h13-15,33,37H,7-12,16-18H2,1-6H3;1H. The van der Waals surface area contributed by atoms with E-state index in [-0.39, 0.29) is 76.7 Å². The lowest BCUT2D eigenvalue weighted by Gasteiger charge is -2.37. The Morgan fingerprint density at radius 1 is 1.02 bits per heavy atom. The van der Waals surface area contributed by atoms with E-state index in [1.54, 1.807) is 42.9 Å². The van der Waals surface area contributed by atoms with Gasteiger partial charge in [0.05, 0.1) is 38.1 Å². The first-order valence-corrected chi connectivity index (χ1v) is 14.3. The van der Waals surface area contributed by atoms with Gasteiger partial charge in [0.2, 0.25) is 5.91 Å². The predicted molar refractivity (Wildman–Crippen MR) is 168 cm³/mol. The van der Waals surface area contributed by atoms with Crippen molar-refractivity contribution in [1.82, 2.24) is 9.80 Å². The van der Waals surface area contributed by atoms with E-state index in [1.165, 1.54) is 0 Å². The van der Waals surface area contributed by atoms with Crippen LogP contribution in [0, 0.1) is 11.2 Å². The third kappa shape index (κ3) is 6.90. The van der Waals surface area contributed by atoms with E-state index in [1.807, 2.05) is 26.8 Å². The highest BCUT2D eigenvalue weighted by Gasteiger charge is 2.34. The Balaban J connectivity index is 0.00000506. The number of carbonyl (C=O) groups excluding carboxylic acids is 2. The van der Waals surface area contributed by atoms with Crippen LogP contribution >= 0.6 is 17.0 Å². The average molecular weight is 666 g/mol. The highest BCUT2D eigenvalue weighted by molar-refractivity contribution is 8.93. The van der Waals surface area contributed by atoms with Crippen molar-refractivity contribution >= 4 is 40.2 Å². The van der Waals surface area contributed by atoms with Crippen molar-refractivity contribution in [2.75, 3.05) is 64.6 Å². The van der Waals surface area contributed by atoms with Crippen LogP contribution < -0.4 is 19.1 Å². The number of piperazine rings is 1. The largest absolute Gasteiger partial charge is 0.494 e. The number of amidine groups is 1. The van der Waals surface area contributed by atoms with Crippen LogP contribution in [0.15, 0.2) is 18.2 Å². The molecule has 1 amide bonds. The number of aliphatic hydroxyl groups is 1. The first-order valence-electron chi connectivity index (χ1n) is 14.3. The molecule has 4 rings (SSSR count). The zero-order valence-corrected chi connectivity index (χ0v) is 27.4. The number of nitrogens with one attached hydrogen (secondary N) is 1. The number of hydrogen-bond acceptors (Lipinski definition) is 8. The fourth-order valence-corrected chi connectivity index (χ4v) is 5.50. The van der Waals surface area contributed by atoms with E-state index in [0.717, 1.165) is 11.3 Å². The zero-order chi connectivity index (χ0) is 30.8. The van der Waals surface area contributed by atoms with E-state index < -0.39 is 12.4 Å². The number of ketones is 1. The van der Waals surface area contributed by atoms with Gasteiger partial charge in [-0.3, -0.25) is 15.0 Å². The fraction of sp³-hybridized carbons (Fsp3) is 0.516. The molecule has 0 bridgehead atoms. The van der Waals surface area contributed by atoms with E-state index in [0.29, 0.717) is 49.7 Å². The summed E-state index contributed by atoms with van der Waals surface area (Å²) in [5, 5.41) is 18.0. The molecule has 0 aromatic heterocycles. The van der Waals surface area contributed by atoms with Gasteiger partial charge in [0, 0.05) is 43.9 Å². The van der Waals surface area contributed by atoms with Gasteiger partial charge in [0.15, 0.2) is 23.1 Å². The summed E-state index contributed by atoms with van der Waals surface area (Å²) < 4.78 is 32.5. The number of anilines is 1. The minimum Gasteiger partial charge on any atom is -0.494 e. The Morgan fingerprint density at radius 2 is 1.67 bits per heavy atom. The first kappa shape index (κ1) is 34.1. The van der Waals surface area contributed by atoms with E-state index in [9.17, 15) is 14.7 Å². The lowest BCUT2D eigenvalue weighted by molar-refractivity contribution is -0.134. The van der Waals surface area contributed by atoms with Crippen molar-refractivity contribution in [2.45, 2.75) is 46.6 Å². The third-order valence-corrected chi connectivity index (χ3v) is 7.62. The lowest BCUT2D eigenvalue weighted by atomic mass is 9.84. The van der Waals surface area contributed by atoms with Gasteiger partial charge < -0.3 is 34.0 Å². The second kappa shape index (κ2) is 13.9. The van der Waals surface area contributed by atoms with Gasteiger partial charge in [0.25, 0.3) is 0 Å². The smallest absolute Gasteiger partial charge is 0.248 e. The summed E-state index contributed by atoms with van der Waals surface area (Å²) in [5.41, 5.74) is 2.40. The molecular formula is C31H42BrFN4O6. The van der Waals surface area contributed by atoms with Gasteiger partial charge in [-0.2, -0.15) is 0 Å². The Labute approximate surface area is 263 Å². The molecular weight excluding hydrogens is 623 g/mol. The molecule has 2 aromatic rings. The molecule has 0 unspecified atom stereocenters. The number of amides is 1. The van der Waals surface area contributed by atoms with Crippen LogP contribution in [0.25, 0.3) is 0 Å². The monoisotopic (exact) mass is 664 g/mol. The number of Topliss-reactive ketones (excluding diaryl/α,β-unsaturated/α-hetero) is 1. The fourth-order valence-electron chi connectivity index (χ4n) is 5.50. The summed E-state index contributed by atoms with van der Waals surface area (Å²) in [5.74, 6) is -0.331. The number of hydrogen-bond donors (Lipinski definition) is 2. The second-order valence-electron chi connectivity index (χ2n) is 11.4. The number of nitrogens with zero attached hydrogens (tertiary/aromatic N) is 3. The van der Waals surface area contributed by atoms with Crippen molar-refractivity contribution in [2.24, 2.45) is 0 Å². The van der Waals surface area contributed by atoms with Gasteiger partial charge in [0.1, 0.15) is 18.2 Å². The molecule has 12 heteroatoms. The maximum absolute atomic E-state index is 15.5. The van der Waals surface area contributed by atoms with Gasteiger partial charge in [-0.1, -0.05) is 20.8 Å². The summed E-state index contributed by atoms with van der Waals surface area (Å²) in [7, 11) is 1.60. The molecule has 2 N–H and O–H groups in total. The minimum atomic E-state index is -0.654. The van der Waals surface area contributed by atoms with Crippen molar-refractivity contribution in [1.29, 1.82) is 5.41 Å². The molecule has 0 radical (unpaired) electrons. The quantitative estimate of drug-likeness (QED) is 0.364. The van der Waals surface area contributed by atoms with E-state index in [4.69, 9.17) is 19.6 Å². The topological polar surface area (TPSA) is 116 Å². The molecule has 2 aromatic carbocycles. The molecule has 2 aliphatic rings. The maximum atomic E-state index is 15.5. The van der Waals surface area contributed by atoms with Crippen molar-refractivity contribution in [3.8, 4) is 17.2 Å². The van der Waals surface area contributed by atoms with Crippen molar-refractivity contribution in [3.63, 3.8) is 0 Å². The van der Waals surface area contributed by atoms with Crippen molar-refractivity contribution in [3.05, 3.63) is 46.3 Å². The summed E-state index contributed by atoms with van der Waals surface area (Å²) in [6.45, 7) is 11.7. The number of ether oxygens (including phenoxy) is 3. The Bertz CT molecular complexity index is 1370. The normalized spacial score (nSPS) is 14.8. The van der Waals surface area contributed by atoms with Crippen LogP contribution in [0.5, 0.6) is 17.2 Å². The molecule has 0 spiro atoms. The van der Waals surface area contributed by atoms with E-state index in [2.05, 4.69) is 4.90 Å². The summed E-state index contributed by atoms with van der Waals surface area (Å²) in [6.07, 6.45) is 0. The first-order chi connectivity index (χ1) is 19.9. The number of carbonyl (C=O) groups is 2. The Kier molecular flexibility index (Phi) is 11.1. The maximum Gasteiger partial charge on any atom is 0.248 e. The Morgan fingerprint density at radius 3 is 2.23 bits per heavy atom. The molecule has 236 valence electrons. The van der Waals surface area contributed by atoms with Crippen LogP contribution in [-0.4, -0.2) is 92.1 Å². The number of aliphatic hydroxyl groups excluding tert-OH is 1. The molecule has 43 heavy (non-hydrogen) atoms. The average Bonchev–Trinajstić information content (AvgIpc) is 3.27. The highest BCUT2D eigenvalue weighted by Crippen LogP contribution is 2.42. The predicted octanol–water partition coefficient (Wildman–Crippen LogP) is 4.17. The Hall–Kier alpha value is -3.38. The molecule has 0 atom stereocenters. The highest BCUT2D eigenvalue weighted by atomic mass is 79.9.